The van der Waals surface area contributed by atoms with E-state index in [1.165, 1.54) is 0 Å². The normalized spacial score (nSPS) is 17.1. The van der Waals surface area contributed by atoms with Crippen LogP contribution in [0.1, 0.15) is 20.3 Å². The molecule has 0 aliphatic carbocycles. The largest absolute Gasteiger partial charge is 0.380 e. The molecule has 0 amide bonds. The Labute approximate surface area is 120 Å². The van der Waals surface area contributed by atoms with Crippen LogP contribution in [0.2, 0.25) is 0 Å². The monoisotopic (exact) mass is 280 g/mol. The van der Waals surface area contributed by atoms with Gasteiger partial charge < -0.3 is 9.84 Å². The molecule has 6 nitrogen and oxygen atoms in total. The third-order valence-corrected chi connectivity index (χ3v) is 2.76. The Morgan fingerprint density at radius 2 is 2.45 bits per heavy atom. The van der Waals surface area contributed by atoms with Crippen LogP contribution in [0.3, 0.4) is 0 Å². The van der Waals surface area contributed by atoms with Crippen molar-refractivity contribution in [2.45, 2.75) is 26.5 Å². The number of hydrogen-bond acceptors (Lipinski definition) is 6. The van der Waals surface area contributed by atoms with E-state index < -0.39 is 6.23 Å². The minimum absolute atomic E-state index is 0.423. The van der Waals surface area contributed by atoms with Crippen molar-refractivity contribution in [2.75, 3.05) is 26.9 Å². The molecule has 1 aliphatic heterocycles. The van der Waals surface area contributed by atoms with Gasteiger partial charge in [-0.3, -0.25) is 10.3 Å². The van der Waals surface area contributed by atoms with Crippen molar-refractivity contribution < 1.29 is 9.84 Å². The zero-order valence-electron chi connectivity index (χ0n) is 12.5. The van der Waals surface area contributed by atoms with Crippen molar-refractivity contribution in [3.63, 3.8) is 0 Å². The Kier molecular flexibility index (Phi) is 7.14. The van der Waals surface area contributed by atoms with Crippen molar-refractivity contribution in [3.05, 3.63) is 23.9 Å². The van der Waals surface area contributed by atoms with Gasteiger partial charge in [-0.15, -0.1) is 0 Å². The molecule has 1 heterocycles. The van der Waals surface area contributed by atoms with Crippen molar-refractivity contribution in [1.29, 1.82) is 0 Å². The summed E-state index contributed by atoms with van der Waals surface area (Å²) in [6.45, 7) is 9.31. The van der Waals surface area contributed by atoms with Gasteiger partial charge in [-0.1, -0.05) is 6.58 Å². The quantitative estimate of drug-likeness (QED) is 0.397. The smallest absolute Gasteiger partial charge is 0.131 e. The summed E-state index contributed by atoms with van der Waals surface area (Å²) in [6.07, 6.45) is 3.44. The lowest BCUT2D eigenvalue weighted by molar-refractivity contribution is 0.146. The number of aliphatic hydroxyl groups excluding tert-OH is 1. The van der Waals surface area contributed by atoms with Crippen LogP contribution in [-0.4, -0.2) is 55.2 Å². The molecule has 112 valence electrons. The third kappa shape index (κ3) is 6.10. The minimum atomic E-state index is -0.647. The Balaban J connectivity index is 2.27. The number of methoxy groups -OCH3 is 1. The summed E-state index contributed by atoms with van der Waals surface area (Å²) >= 11 is 0. The molecule has 1 unspecified atom stereocenters. The van der Waals surface area contributed by atoms with E-state index >= 15 is 0 Å². The number of aliphatic imine (C=N–C) groups is 1. The van der Waals surface area contributed by atoms with Crippen LogP contribution in [-0.2, 0) is 4.74 Å². The molecule has 20 heavy (non-hydrogen) atoms. The first kappa shape index (κ1) is 16.6. The Hall–Kier alpha value is -1.50. The topological polar surface area (TPSA) is 69.5 Å². The van der Waals surface area contributed by atoms with E-state index in [0.29, 0.717) is 26.2 Å². The zero-order chi connectivity index (χ0) is 15.0. The van der Waals surface area contributed by atoms with Crippen molar-refractivity contribution in [2.24, 2.45) is 10.1 Å². The molecule has 0 aromatic carbocycles. The van der Waals surface area contributed by atoms with Gasteiger partial charge in [0.05, 0.1) is 6.61 Å². The summed E-state index contributed by atoms with van der Waals surface area (Å²) in [7, 11) is 1.62. The molecule has 0 bridgehead atoms. The van der Waals surface area contributed by atoms with Gasteiger partial charge in [-0.25, -0.2) is 5.01 Å². The van der Waals surface area contributed by atoms with Crippen LogP contribution >= 0.6 is 0 Å². The lowest BCUT2D eigenvalue weighted by Crippen LogP contribution is -2.31. The van der Waals surface area contributed by atoms with E-state index in [-0.39, 0.29) is 0 Å². The Morgan fingerprint density at radius 1 is 1.70 bits per heavy atom. The predicted molar refractivity (Wildman–Crippen MR) is 81.7 cm³/mol. The summed E-state index contributed by atoms with van der Waals surface area (Å²) in [4.78, 5) is 4.29. The van der Waals surface area contributed by atoms with E-state index in [4.69, 9.17) is 4.74 Å². The molecule has 0 saturated heterocycles. The molecule has 2 N–H and O–H groups in total. The highest BCUT2D eigenvalue weighted by Crippen LogP contribution is 2.09. The number of hydrazone groups is 1. The Bertz CT molecular complexity index is 415. The number of nitrogens with one attached hydrogen (secondary N) is 1. The molecule has 1 rings (SSSR count). The highest BCUT2D eigenvalue weighted by atomic mass is 16.5. The molecule has 1 atom stereocenters. The second-order valence-corrected chi connectivity index (χ2v) is 4.74. The van der Waals surface area contributed by atoms with E-state index in [9.17, 15) is 5.11 Å². The fourth-order valence-electron chi connectivity index (χ4n) is 1.69. The Morgan fingerprint density at radius 3 is 3.10 bits per heavy atom. The summed E-state index contributed by atoms with van der Waals surface area (Å²) in [5, 5.41) is 18.8. The second kappa shape index (κ2) is 8.63. The van der Waals surface area contributed by atoms with Crippen LogP contribution in [0, 0.1) is 0 Å². The van der Waals surface area contributed by atoms with Gasteiger partial charge in [0.15, 0.2) is 0 Å². The van der Waals surface area contributed by atoms with Crippen molar-refractivity contribution >= 4 is 11.9 Å². The zero-order valence-corrected chi connectivity index (χ0v) is 12.5. The molecule has 0 aromatic heterocycles. The molecule has 1 aliphatic rings. The number of rotatable bonds is 8. The standard InChI is InChI=1S/C14H24N4O2/c1-11(9-20-4)8-15-14(19)5-6-17-18-10-16-12(2)7-13(18)3/h6-7,14-15,19H,1,5,8-10H2,2-4H3/b17-6-. The number of allylic oxidation sites excluding steroid dienone is 2. The van der Waals surface area contributed by atoms with Gasteiger partial charge in [0.2, 0.25) is 0 Å². The molecular weight excluding hydrogens is 256 g/mol. The fourth-order valence-corrected chi connectivity index (χ4v) is 1.69. The van der Waals surface area contributed by atoms with Gasteiger partial charge in [-0.2, -0.15) is 5.10 Å². The molecule has 0 spiro atoms. The van der Waals surface area contributed by atoms with Crippen LogP contribution in [0.5, 0.6) is 0 Å². The van der Waals surface area contributed by atoms with E-state index in [2.05, 4.69) is 22.0 Å². The van der Waals surface area contributed by atoms with Gasteiger partial charge in [-0.05, 0) is 25.5 Å². The second-order valence-electron chi connectivity index (χ2n) is 4.74. The van der Waals surface area contributed by atoms with Gasteiger partial charge >= 0.3 is 0 Å². The predicted octanol–water partition coefficient (Wildman–Crippen LogP) is 1.11. The summed E-state index contributed by atoms with van der Waals surface area (Å²) < 4.78 is 4.94. The average molecular weight is 280 g/mol. The summed E-state index contributed by atoms with van der Waals surface area (Å²) in [5.74, 6) is 0. The van der Waals surface area contributed by atoms with Crippen LogP contribution in [0.4, 0.5) is 0 Å². The van der Waals surface area contributed by atoms with Gasteiger partial charge in [0.25, 0.3) is 0 Å². The maximum Gasteiger partial charge on any atom is 0.131 e. The first-order valence-electron chi connectivity index (χ1n) is 6.59. The molecule has 0 aromatic rings. The lowest BCUT2D eigenvalue weighted by Gasteiger charge is -2.21. The van der Waals surface area contributed by atoms with E-state index in [1.807, 2.05) is 19.9 Å². The van der Waals surface area contributed by atoms with Crippen molar-refractivity contribution in [1.82, 2.24) is 10.3 Å². The maximum absolute atomic E-state index is 9.76. The molecule has 0 radical (unpaired) electrons. The van der Waals surface area contributed by atoms with Gasteiger partial charge in [0.1, 0.15) is 12.9 Å². The lowest BCUT2D eigenvalue weighted by atomic mass is 10.3. The molecular formula is C14H24N4O2. The fraction of sp³-hybridized carbons (Fsp3) is 0.571. The SMILES string of the molecule is C=C(CNC(O)C/C=N\N1CN=C(C)C=C1C)COC. The van der Waals surface area contributed by atoms with Crippen LogP contribution in [0.25, 0.3) is 0 Å². The highest BCUT2D eigenvalue weighted by Gasteiger charge is 2.08. The average Bonchev–Trinajstić information content (AvgIpc) is 2.39. The number of ether oxygens (including phenoxy) is 1. The first-order chi connectivity index (χ1) is 9.52. The summed E-state index contributed by atoms with van der Waals surface area (Å²) in [6, 6.07) is 0. The van der Waals surface area contributed by atoms with Crippen molar-refractivity contribution in [3.8, 4) is 0 Å². The summed E-state index contributed by atoms with van der Waals surface area (Å²) in [5.41, 5.74) is 2.94. The minimum Gasteiger partial charge on any atom is -0.380 e. The van der Waals surface area contributed by atoms with E-state index in [0.717, 1.165) is 17.0 Å². The molecule has 6 heteroatoms. The number of aliphatic hydroxyl groups is 1. The number of nitrogens with zero attached hydrogens (tertiary/aromatic N) is 3. The van der Waals surface area contributed by atoms with Crippen LogP contribution < -0.4 is 5.32 Å². The van der Waals surface area contributed by atoms with Gasteiger partial charge in [0, 0.05) is 37.7 Å². The molecule has 0 fully saturated rings. The number of hydrogen-bond donors (Lipinski definition) is 2. The highest BCUT2D eigenvalue weighted by molar-refractivity contribution is 5.93. The van der Waals surface area contributed by atoms with E-state index in [1.54, 1.807) is 18.3 Å². The van der Waals surface area contributed by atoms with Crippen LogP contribution in [0.15, 0.2) is 34.0 Å². The maximum atomic E-state index is 9.76. The third-order valence-electron chi connectivity index (χ3n) is 2.76. The molecule has 0 saturated carbocycles. The first-order valence-corrected chi connectivity index (χ1v) is 6.59.